The Hall–Kier alpha value is -0.870. The molecular weight excluding hydrogens is 282 g/mol. The van der Waals surface area contributed by atoms with Crippen molar-refractivity contribution in [2.24, 2.45) is 5.92 Å². The number of amides is 1. The van der Waals surface area contributed by atoms with Gasteiger partial charge < -0.3 is 10.0 Å². The van der Waals surface area contributed by atoms with Gasteiger partial charge in [-0.1, -0.05) is 26.0 Å². The summed E-state index contributed by atoms with van der Waals surface area (Å²) in [6.45, 7) is 4.79. The van der Waals surface area contributed by atoms with Crippen molar-refractivity contribution in [1.82, 2.24) is 4.90 Å². The maximum Gasteiger partial charge on any atom is 0.255 e. The molecule has 1 aliphatic rings. The lowest BCUT2D eigenvalue weighted by molar-refractivity contribution is -0.110. The Morgan fingerprint density at radius 2 is 2.00 bits per heavy atom. The van der Waals surface area contributed by atoms with Gasteiger partial charge in [-0.25, -0.2) is 0 Å². The highest BCUT2D eigenvalue weighted by atomic mass is 79.9. The van der Waals surface area contributed by atoms with Crippen molar-refractivity contribution in [2.75, 3.05) is 13.1 Å². The van der Waals surface area contributed by atoms with E-state index < -0.39 is 5.60 Å². The van der Waals surface area contributed by atoms with Crippen LogP contribution in [0.3, 0.4) is 0 Å². The van der Waals surface area contributed by atoms with Gasteiger partial charge >= 0.3 is 0 Å². The molecule has 1 heterocycles. The topological polar surface area (TPSA) is 40.5 Å². The maximum absolute atomic E-state index is 12.1. The zero-order chi connectivity index (χ0) is 12.6. The lowest BCUT2D eigenvalue weighted by Gasteiger charge is -2.49. The molecule has 1 aliphatic heterocycles. The molecule has 1 N–H and O–H groups in total. The first-order valence-corrected chi connectivity index (χ1v) is 6.49. The normalized spacial score (nSPS) is 18.1. The summed E-state index contributed by atoms with van der Waals surface area (Å²) in [6, 6.07) is 7.36. The summed E-state index contributed by atoms with van der Waals surface area (Å²) in [7, 11) is 0. The van der Waals surface area contributed by atoms with Crippen LogP contribution in [0.5, 0.6) is 0 Å². The average Bonchev–Trinajstić information content (AvgIpc) is 2.24. The molecule has 1 amide bonds. The predicted molar refractivity (Wildman–Crippen MR) is 69.8 cm³/mol. The minimum absolute atomic E-state index is 0.0252. The summed E-state index contributed by atoms with van der Waals surface area (Å²) in [5.41, 5.74) is -0.0602. The number of hydrogen-bond acceptors (Lipinski definition) is 2. The van der Waals surface area contributed by atoms with Crippen LogP contribution in [0.1, 0.15) is 24.2 Å². The maximum atomic E-state index is 12.1. The first-order valence-electron chi connectivity index (χ1n) is 5.70. The molecule has 0 radical (unpaired) electrons. The Kier molecular flexibility index (Phi) is 3.27. The van der Waals surface area contributed by atoms with E-state index >= 15 is 0 Å². The third-order valence-corrected chi connectivity index (χ3v) is 4.09. The molecule has 1 aromatic rings. The van der Waals surface area contributed by atoms with Gasteiger partial charge in [0, 0.05) is 4.47 Å². The van der Waals surface area contributed by atoms with E-state index in [9.17, 15) is 9.90 Å². The number of likely N-dealkylation sites (tertiary alicyclic amines) is 1. The number of nitrogens with zero attached hydrogens (tertiary/aromatic N) is 1. The number of carbonyl (C=O) groups excluding carboxylic acids is 1. The van der Waals surface area contributed by atoms with E-state index in [2.05, 4.69) is 15.9 Å². The van der Waals surface area contributed by atoms with Crippen LogP contribution in [0.25, 0.3) is 0 Å². The molecule has 17 heavy (non-hydrogen) atoms. The van der Waals surface area contributed by atoms with Crippen LogP contribution in [0.15, 0.2) is 28.7 Å². The monoisotopic (exact) mass is 297 g/mol. The van der Waals surface area contributed by atoms with Gasteiger partial charge in [0.1, 0.15) is 5.60 Å². The fourth-order valence-corrected chi connectivity index (χ4v) is 2.38. The van der Waals surface area contributed by atoms with E-state index in [-0.39, 0.29) is 11.8 Å². The first-order chi connectivity index (χ1) is 7.94. The number of hydrogen-bond donors (Lipinski definition) is 1. The summed E-state index contributed by atoms with van der Waals surface area (Å²) in [4.78, 5) is 13.8. The largest absolute Gasteiger partial charge is 0.386 e. The zero-order valence-corrected chi connectivity index (χ0v) is 11.6. The van der Waals surface area contributed by atoms with E-state index in [0.717, 1.165) is 4.47 Å². The molecule has 1 aromatic carbocycles. The smallest absolute Gasteiger partial charge is 0.255 e. The van der Waals surface area contributed by atoms with Gasteiger partial charge in [-0.3, -0.25) is 4.79 Å². The second-order valence-corrected chi connectivity index (χ2v) is 5.75. The number of rotatable bonds is 2. The predicted octanol–water partition coefficient (Wildman–Crippen LogP) is 2.29. The molecule has 4 heteroatoms. The molecule has 0 aromatic heterocycles. The van der Waals surface area contributed by atoms with E-state index in [0.29, 0.717) is 18.7 Å². The minimum Gasteiger partial charge on any atom is -0.386 e. The van der Waals surface area contributed by atoms with Gasteiger partial charge in [-0.05, 0) is 34.0 Å². The van der Waals surface area contributed by atoms with Crippen molar-refractivity contribution < 1.29 is 9.90 Å². The van der Waals surface area contributed by atoms with Crippen LogP contribution in [0.2, 0.25) is 0 Å². The summed E-state index contributed by atoms with van der Waals surface area (Å²) < 4.78 is 0.796. The van der Waals surface area contributed by atoms with Crippen LogP contribution < -0.4 is 0 Å². The Labute approximate surface area is 110 Å². The van der Waals surface area contributed by atoms with Crippen LogP contribution in [0.4, 0.5) is 0 Å². The Bertz CT molecular complexity index is 439. The highest BCUT2D eigenvalue weighted by Crippen LogP contribution is 2.30. The fourth-order valence-electron chi connectivity index (χ4n) is 1.93. The lowest BCUT2D eigenvalue weighted by Crippen LogP contribution is -2.65. The molecule has 0 spiro atoms. The zero-order valence-electron chi connectivity index (χ0n) is 9.98. The molecule has 0 unspecified atom stereocenters. The molecule has 3 nitrogen and oxygen atoms in total. The van der Waals surface area contributed by atoms with E-state index in [1.54, 1.807) is 11.0 Å². The third kappa shape index (κ3) is 2.24. The molecule has 0 saturated carbocycles. The molecule has 0 atom stereocenters. The number of β-amino-alcohol motifs (C(OH)–C–C–N with tert-alkyl or cyclic N) is 1. The number of carbonyl (C=O) groups is 1. The fraction of sp³-hybridized carbons (Fsp3) is 0.462. The second kappa shape index (κ2) is 4.42. The molecule has 0 aliphatic carbocycles. The lowest BCUT2D eigenvalue weighted by atomic mass is 9.82. The SMILES string of the molecule is CC(C)C1(O)CN(C(=O)c2ccccc2Br)C1. The van der Waals surface area contributed by atoms with Crippen LogP contribution in [-0.2, 0) is 0 Å². The Morgan fingerprint density at radius 1 is 1.41 bits per heavy atom. The van der Waals surface area contributed by atoms with E-state index in [1.807, 2.05) is 32.0 Å². The van der Waals surface area contributed by atoms with Gasteiger partial charge in [-0.2, -0.15) is 0 Å². The van der Waals surface area contributed by atoms with Crippen LogP contribution in [-0.4, -0.2) is 34.6 Å². The third-order valence-electron chi connectivity index (χ3n) is 3.40. The second-order valence-electron chi connectivity index (χ2n) is 4.90. The molecule has 1 saturated heterocycles. The number of aliphatic hydroxyl groups is 1. The number of benzene rings is 1. The summed E-state index contributed by atoms with van der Waals surface area (Å²) in [5.74, 6) is 0.147. The van der Waals surface area contributed by atoms with Gasteiger partial charge in [0.2, 0.25) is 0 Å². The molecule has 2 rings (SSSR count). The van der Waals surface area contributed by atoms with E-state index in [1.165, 1.54) is 0 Å². The Morgan fingerprint density at radius 3 is 2.53 bits per heavy atom. The van der Waals surface area contributed by atoms with Crippen molar-refractivity contribution in [2.45, 2.75) is 19.4 Å². The van der Waals surface area contributed by atoms with Gasteiger partial charge in [-0.15, -0.1) is 0 Å². The molecule has 0 bridgehead atoms. The number of halogens is 1. The first kappa shape index (κ1) is 12.6. The Balaban J connectivity index is 2.08. The van der Waals surface area contributed by atoms with Crippen molar-refractivity contribution in [3.05, 3.63) is 34.3 Å². The van der Waals surface area contributed by atoms with Gasteiger partial charge in [0.15, 0.2) is 0 Å². The average molecular weight is 298 g/mol. The van der Waals surface area contributed by atoms with Crippen molar-refractivity contribution in [3.63, 3.8) is 0 Å². The highest BCUT2D eigenvalue weighted by Gasteiger charge is 2.46. The van der Waals surface area contributed by atoms with Crippen LogP contribution in [0, 0.1) is 5.92 Å². The highest BCUT2D eigenvalue weighted by molar-refractivity contribution is 9.10. The molecule has 92 valence electrons. The summed E-state index contributed by atoms with van der Waals surface area (Å²) in [5, 5.41) is 10.1. The van der Waals surface area contributed by atoms with Gasteiger partial charge in [0.05, 0.1) is 18.7 Å². The summed E-state index contributed by atoms with van der Waals surface area (Å²) in [6.07, 6.45) is 0. The van der Waals surface area contributed by atoms with Crippen LogP contribution >= 0.6 is 15.9 Å². The molecule has 1 fully saturated rings. The standard InChI is InChI=1S/C13H16BrNO2/c1-9(2)13(17)7-15(8-13)12(16)10-5-3-4-6-11(10)14/h3-6,9,17H,7-8H2,1-2H3. The van der Waals surface area contributed by atoms with E-state index in [4.69, 9.17) is 0 Å². The van der Waals surface area contributed by atoms with Crippen molar-refractivity contribution >= 4 is 21.8 Å². The van der Waals surface area contributed by atoms with Gasteiger partial charge in [0.25, 0.3) is 5.91 Å². The van der Waals surface area contributed by atoms with Crippen molar-refractivity contribution in [3.8, 4) is 0 Å². The summed E-state index contributed by atoms with van der Waals surface area (Å²) >= 11 is 3.37. The quantitative estimate of drug-likeness (QED) is 0.910. The minimum atomic E-state index is -0.711. The molecular formula is C13H16BrNO2. The van der Waals surface area contributed by atoms with Crippen molar-refractivity contribution in [1.29, 1.82) is 0 Å².